The molecule has 1 aliphatic rings. The molecule has 0 aromatic heterocycles. The van der Waals surface area contributed by atoms with Crippen LogP contribution in [0.5, 0.6) is 0 Å². The lowest BCUT2D eigenvalue weighted by Gasteiger charge is -2.33. The first-order valence-corrected chi connectivity index (χ1v) is 4.89. The summed E-state index contributed by atoms with van der Waals surface area (Å²) in [6, 6.07) is 10.5. The van der Waals surface area contributed by atoms with Gasteiger partial charge in [-0.2, -0.15) is 0 Å². The second-order valence-electron chi connectivity index (χ2n) is 3.67. The average Bonchev–Trinajstić information content (AvgIpc) is 2.12. The summed E-state index contributed by atoms with van der Waals surface area (Å²) in [5.41, 5.74) is 7.31. The second kappa shape index (κ2) is 5.35. The van der Waals surface area contributed by atoms with Crippen LogP contribution in [-0.4, -0.2) is 24.5 Å². The molecule has 1 heterocycles. The first kappa shape index (κ1) is 11.5. The molecule has 78 valence electrons. The predicted octanol–water partition coefficient (Wildman–Crippen LogP) is 1.81. The normalized spacial score (nSPS) is 18.1. The van der Waals surface area contributed by atoms with E-state index in [0.717, 1.165) is 6.54 Å². The molecule has 3 heteroatoms. The molecule has 2 N–H and O–H groups in total. The van der Waals surface area contributed by atoms with Gasteiger partial charge in [0.25, 0.3) is 0 Å². The maximum Gasteiger partial charge on any atom is 0.0424 e. The summed E-state index contributed by atoms with van der Waals surface area (Å²) in [4.78, 5) is 2.40. The first-order valence-electron chi connectivity index (χ1n) is 4.89. The van der Waals surface area contributed by atoms with Crippen LogP contribution in [0.2, 0.25) is 0 Å². The third kappa shape index (κ3) is 2.71. The fourth-order valence-electron chi connectivity index (χ4n) is 1.65. The second-order valence-corrected chi connectivity index (χ2v) is 3.67. The zero-order valence-electron chi connectivity index (χ0n) is 8.23. The molecule has 0 unspecified atom stereocenters. The first-order chi connectivity index (χ1) is 6.36. The quantitative estimate of drug-likeness (QED) is 0.828. The van der Waals surface area contributed by atoms with Crippen molar-refractivity contribution >= 4 is 12.4 Å². The number of nitrogens with zero attached hydrogens (tertiary/aromatic N) is 1. The number of benzene rings is 1. The van der Waals surface area contributed by atoms with E-state index in [0.29, 0.717) is 0 Å². The van der Waals surface area contributed by atoms with Gasteiger partial charge in [0.2, 0.25) is 0 Å². The van der Waals surface area contributed by atoms with Crippen molar-refractivity contribution in [1.82, 2.24) is 4.90 Å². The van der Waals surface area contributed by atoms with Crippen molar-refractivity contribution in [3.63, 3.8) is 0 Å². The molecule has 1 aromatic carbocycles. The molecule has 0 bridgehead atoms. The Morgan fingerprint density at radius 2 is 1.86 bits per heavy atom. The highest BCUT2D eigenvalue weighted by Crippen LogP contribution is 2.14. The number of hydrogen-bond donors (Lipinski definition) is 1. The van der Waals surface area contributed by atoms with Gasteiger partial charge in [-0.1, -0.05) is 30.3 Å². The molecular formula is C11H17ClN2. The molecule has 14 heavy (non-hydrogen) atoms. The van der Waals surface area contributed by atoms with Crippen LogP contribution in [0.15, 0.2) is 30.3 Å². The largest absolute Gasteiger partial charge is 0.323 e. The molecule has 0 radical (unpaired) electrons. The summed E-state index contributed by atoms with van der Waals surface area (Å²) >= 11 is 0. The Labute approximate surface area is 91.5 Å². The van der Waals surface area contributed by atoms with Crippen molar-refractivity contribution in [3.05, 3.63) is 35.9 Å². The molecule has 2 nitrogen and oxygen atoms in total. The van der Waals surface area contributed by atoms with E-state index in [-0.39, 0.29) is 18.4 Å². The van der Waals surface area contributed by atoms with Crippen molar-refractivity contribution in [3.8, 4) is 0 Å². The minimum atomic E-state index is 0. The van der Waals surface area contributed by atoms with E-state index in [1.165, 1.54) is 25.1 Å². The van der Waals surface area contributed by atoms with Crippen LogP contribution in [0.3, 0.4) is 0 Å². The zero-order valence-corrected chi connectivity index (χ0v) is 9.04. The summed E-state index contributed by atoms with van der Waals surface area (Å²) in [7, 11) is 0. The SMILES string of the molecule is Cl.N[C@H](CN1CCC1)c1ccccc1. The monoisotopic (exact) mass is 212 g/mol. The molecule has 0 saturated carbocycles. The molecular weight excluding hydrogens is 196 g/mol. The molecule has 0 aliphatic carbocycles. The number of hydrogen-bond acceptors (Lipinski definition) is 2. The van der Waals surface area contributed by atoms with Gasteiger partial charge in [0.05, 0.1) is 0 Å². The van der Waals surface area contributed by atoms with Crippen LogP contribution in [0.1, 0.15) is 18.0 Å². The van der Waals surface area contributed by atoms with E-state index in [1.807, 2.05) is 18.2 Å². The van der Waals surface area contributed by atoms with Gasteiger partial charge in [-0.05, 0) is 25.1 Å². The van der Waals surface area contributed by atoms with Crippen LogP contribution in [0, 0.1) is 0 Å². The molecule has 2 rings (SSSR count). The van der Waals surface area contributed by atoms with Gasteiger partial charge in [0, 0.05) is 12.6 Å². The Balaban J connectivity index is 0.000000980. The van der Waals surface area contributed by atoms with Crippen molar-refractivity contribution < 1.29 is 0 Å². The predicted molar refractivity (Wildman–Crippen MR) is 61.7 cm³/mol. The highest BCUT2D eigenvalue weighted by Gasteiger charge is 2.17. The number of likely N-dealkylation sites (tertiary alicyclic amines) is 1. The Bertz CT molecular complexity index is 259. The third-order valence-corrected chi connectivity index (χ3v) is 2.63. The smallest absolute Gasteiger partial charge is 0.0424 e. The summed E-state index contributed by atoms with van der Waals surface area (Å²) in [6.07, 6.45) is 1.33. The number of halogens is 1. The van der Waals surface area contributed by atoms with E-state index < -0.39 is 0 Å². The lowest BCUT2D eigenvalue weighted by Crippen LogP contribution is -2.41. The summed E-state index contributed by atoms with van der Waals surface area (Å²) < 4.78 is 0. The van der Waals surface area contributed by atoms with Crippen molar-refractivity contribution in [2.24, 2.45) is 5.73 Å². The zero-order chi connectivity index (χ0) is 9.10. The fraction of sp³-hybridized carbons (Fsp3) is 0.455. The van der Waals surface area contributed by atoms with Crippen molar-refractivity contribution in [2.75, 3.05) is 19.6 Å². The maximum atomic E-state index is 6.06. The summed E-state index contributed by atoms with van der Waals surface area (Å²) in [6.45, 7) is 3.45. The molecule has 1 aromatic rings. The van der Waals surface area contributed by atoms with Crippen molar-refractivity contribution in [2.45, 2.75) is 12.5 Å². The lowest BCUT2D eigenvalue weighted by atomic mass is 10.1. The fourth-order valence-corrected chi connectivity index (χ4v) is 1.65. The van der Waals surface area contributed by atoms with Gasteiger partial charge >= 0.3 is 0 Å². The summed E-state index contributed by atoms with van der Waals surface area (Å²) in [5, 5.41) is 0. The van der Waals surface area contributed by atoms with Crippen LogP contribution >= 0.6 is 12.4 Å². The van der Waals surface area contributed by atoms with Gasteiger partial charge in [-0.3, -0.25) is 0 Å². The van der Waals surface area contributed by atoms with Crippen LogP contribution in [0.4, 0.5) is 0 Å². The highest BCUT2D eigenvalue weighted by molar-refractivity contribution is 5.85. The molecule has 0 spiro atoms. The molecule has 1 saturated heterocycles. The van der Waals surface area contributed by atoms with Gasteiger partial charge in [0.15, 0.2) is 0 Å². The minimum absolute atomic E-state index is 0. The van der Waals surface area contributed by atoms with E-state index in [4.69, 9.17) is 5.73 Å². The van der Waals surface area contributed by atoms with Gasteiger partial charge in [-0.15, -0.1) is 12.4 Å². The lowest BCUT2D eigenvalue weighted by molar-refractivity contribution is 0.170. The molecule has 0 amide bonds. The Kier molecular flexibility index (Phi) is 4.39. The van der Waals surface area contributed by atoms with E-state index in [9.17, 15) is 0 Å². The molecule has 1 aliphatic heterocycles. The molecule has 1 atom stereocenters. The van der Waals surface area contributed by atoms with Crippen LogP contribution in [0.25, 0.3) is 0 Å². The van der Waals surface area contributed by atoms with Crippen LogP contribution < -0.4 is 5.73 Å². The van der Waals surface area contributed by atoms with E-state index >= 15 is 0 Å². The Morgan fingerprint density at radius 1 is 1.21 bits per heavy atom. The highest BCUT2D eigenvalue weighted by atomic mass is 35.5. The maximum absolute atomic E-state index is 6.06. The minimum Gasteiger partial charge on any atom is -0.323 e. The van der Waals surface area contributed by atoms with Gasteiger partial charge < -0.3 is 10.6 Å². The third-order valence-electron chi connectivity index (χ3n) is 2.63. The average molecular weight is 213 g/mol. The molecule has 1 fully saturated rings. The standard InChI is InChI=1S/C11H16N2.ClH/c12-11(9-13-7-4-8-13)10-5-2-1-3-6-10;/h1-3,5-6,11H,4,7-9,12H2;1H/t11-;/m1./s1. The van der Waals surface area contributed by atoms with Crippen LogP contribution in [-0.2, 0) is 0 Å². The number of nitrogens with two attached hydrogens (primary N) is 1. The van der Waals surface area contributed by atoms with Crippen molar-refractivity contribution in [1.29, 1.82) is 0 Å². The Morgan fingerprint density at radius 3 is 2.36 bits per heavy atom. The summed E-state index contributed by atoms with van der Waals surface area (Å²) in [5.74, 6) is 0. The van der Waals surface area contributed by atoms with E-state index in [2.05, 4.69) is 17.0 Å². The topological polar surface area (TPSA) is 29.3 Å². The number of rotatable bonds is 3. The Hall–Kier alpha value is -0.570. The van der Waals surface area contributed by atoms with Gasteiger partial charge in [-0.25, -0.2) is 0 Å². The van der Waals surface area contributed by atoms with E-state index in [1.54, 1.807) is 0 Å². The van der Waals surface area contributed by atoms with Gasteiger partial charge in [0.1, 0.15) is 0 Å².